The van der Waals surface area contributed by atoms with Gasteiger partial charge >= 0.3 is 0 Å². The van der Waals surface area contributed by atoms with Gasteiger partial charge in [0.25, 0.3) is 0 Å². The Morgan fingerprint density at radius 3 is 2.91 bits per heavy atom. The third-order valence-electron chi connectivity index (χ3n) is 2.72. The van der Waals surface area contributed by atoms with Crippen molar-refractivity contribution in [3.8, 4) is 0 Å². The average molecular weight is 331 g/mol. The van der Waals surface area contributed by atoms with Gasteiger partial charge in [-0.15, -0.1) is 22.7 Å². The number of hydrogen-bond acceptors (Lipinski definition) is 7. The van der Waals surface area contributed by atoms with E-state index >= 15 is 0 Å². The maximum absolute atomic E-state index is 11.9. The molecule has 112 valence electrons. The van der Waals surface area contributed by atoms with Gasteiger partial charge in [0.1, 0.15) is 5.82 Å². The molecule has 3 aromatic rings. The molecule has 6 nitrogen and oxygen atoms in total. The summed E-state index contributed by atoms with van der Waals surface area (Å²) in [7, 11) is 0. The first-order valence-corrected chi connectivity index (χ1v) is 8.28. The third kappa shape index (κ3) is 3.86. The van der Waals surface area contributed by atoms with Crippen LogP contribution in [0.25, 0.3) is 0 Å². The predicted octanol–water partition coefficient (Wildman–Crippen LogP) is 3.23. The minimum atomic E-state index is -0.125. The Hall–Kier alpha value is -2.32. The van der Waals surface area contributed by atoms with Crippen LogP contribution in [0, 0.1) is 6.92 Å². The van der Waals surface area contributed by atoms with E-state index in [1.54, 1.807) is 12.4 Å². The lowest BCUT2D eigenvalue weighted by atomic mass is 10.3. The van der Waals surface area contributed by atoms with Gasteiger partial charge < -0.3 is 10.6 Å². The van der Waals surface area contributed by atoms with Crippen LogP contribution < -0.4 is 10.6 Å². The fourth-order valence-electron chi connectivity index (χ4n) is 1.77. The molecule has 3 aromatic heterocycles. The van der Waals surface area contributed by atoms with Crippen molar-refractivity contribution < 1.29 is 4.79 Å². The first-order valence-electron chi connectivity index (χ1n) is 6.52. The minimum absolute atomic E-state index is 0.125. The molecule has 1 amide bonds. The van der Waals surface area contributed by atoms with Crippen LogP contribution in [0.3, 0.4) is 0 Å². The maximum Gasteiger partial charge on any atom is 0.232 e. The average Bonchev–Trinajstić information content (AvgIpc) is 3.11. The van der Waals surface area contributed by atoms with Crippen LogP contribution in [0.1, 0.15) is 11.3 Å². The van der Waals surface area contributed by atoms with Crippen LogP contribution >= 0.6 is 22.7 Å². The van der Waals surface area contributed by atoms with E-state index in [9.17, 15) is 4.79 Å². The van der Waals surface area contributed by atoms with E-state index in [-0.39, 0.29) is 12.3 Å². The molecule has 0 atom stereocenters. The van der Waals surface area contributed by atoms with Crippen LogP contribution in [-0.2, 0) is 11.2 Å². The summed E-state index contributed by atoms with van der Waals surface area (Å²) in [6.45, 7) is 2.00. The van der Waals surface area contributed by atoms with Gasteiger partial charge in [-0.3, -0.25) is 4.79 Å². The summed E-state index contributed by atoms with van der Waals surface area (Å²) < 4.78 is 0. The molecule has 0 aliphatic rings. The highest BCUT2D eigenvalue weighted by molar-refractivity contribution is 7.14. The number of carbonyl (C=O) groups excluding carboxylic acids is 1. The lowest BCUT2D eigenvalue weighted by Crippen LogP contribution is -2.14. The van der Waals surface area contributed by atoms with Crippen LogP contribution in [0.4, 0.5) is 16.1 Å². The fraction of sp³-hybridized carbons (Fsp3) is 0.143. The van der Waals surface area contributed by atoms with E-state index in [2.05, 4.69) is 25.6 Å². The van der Waals surface area contributed by atoms with Crippen molar-refractivity contribution in [2.45, 2.75) is 13.3 Å². The van der Waals surface area contributed by atoms with E-state index in [0.717, 1.165) is 16.5 Å². The normalized spacial score (nSPS) is 10.4. The highest BCUT2D eigenvalue weighted by Crippen LogP contribution is 2.20. The maximum atomic E-state index is 11.9. The highest BCUT2D eigenvalue weighted by Gasteiger charge is 2.09. The molecule has 0 fully saturated rings. The summed E-state index contributed by atoms with van der Waals surface area (Å²) in [5.74, 6) is 0.619. The smallest absolute Gasteiger partial charge is 0.232 e. The summed E-state index contributed by atoms with van der Waals surface area (Å²) in [4.78, 5) is 24.5. The van der Waals surface area contributed by atoms with E-state index in [4.69, 9.17) is 0 Å². The number of nitrogens with zero attached hydrogens (tertiary/aromatic N) is 3. The second kappa shape index (κ2) is 6.63. The first kappa shape index (κ1) is 14.6. The molecule has 0 unspecified atom stereocenters. The summed E-state index contributed by atoms with van der Waals surface area (Å²) >= 11 is 2.83. The van der Waals surface area contributed by atoms with Gasteiger partial charge in [-0.2, -0.15) is 0 Å². The van der Waals surface area contributed by atoms with Crippen molar-refractivity contribution in [3.63, 3.8) is 0 Å². The van der Waals surface area contributed by atoms with Gasteiger partial charge in [-0.1, -0.05) is 0 Å². The Kier molecular flexibility index (Phi) is 4.40. The number of hydrogen-bond donors (Lipinski definition) is 2. The summed E-state index contributed by atoms with van der Waals surface area (Å²) in [5.41, 5.74) is 1.84. The largest absolute Gasteiger partial charge is 0.316 e. The number of nitrogens with one attached hydrogen (secondary N) is 2. The first-order chi connectivity index (χ1) is 10.7. The van der Waals surface area contributed by atoms with Crippen molar-refractivity contribution in [3.05, 3.63) is 46.5 Å². The Labute approximate surface area is 135 Å². The topological polar surface area (TPSA) is 79.8 Å². The van der Waals surface area contributed by atoms with Gasteiger partial charge in [0.05, 0.1) is 12.1 Å². The number of aryl methyl sites for hydroxylation is 1. The molecule has 0 radical (unpaired) electrons. The monoisotopic (exact) mass is 331 g/mol. The predicted molar refractivity (Wildman–Crippen MR) is 88.8 cm³/mol. The molecule has 0 aliphatic carbocycles. The summed E-state index contributed by atoms with van der Waals surface area (Å²) in [5, 5.41) is 10.9. The Bertz CT molecular complexity index is 769. The summed E-state index contributed by atoms with van der Waals surface area (Å²) in [6, 6.07) is 3.87. The van der Waals surface area contributed by atoms with Gasteiger partial charge in [0.2, 0.25) is 5.91 Å². The molecule has 0 bridgehead atoms. The van der Waals surface area contributed by atoms with Gasteiger partial charge in [0, 0.05) is 23.2 Å². The zero-order valence-corrected chi connectivity index (χ0v) is 13.4. The zero-order chi connectivity index (χ0) is 15.4. The van der Waals surface area contributed by atoms with Gasteiger partial charge in [0.15, 0.2) is 10.3 Å². The minimum Gasteiger partial charge on any atom is -0.316 e. The number of anilines is 3. The quantitative estimate of drug-likeness (QED) is 0.750. The molecule has 0 saturated carbocycles. The van der Waals surface area contributed by atoms with Crippen LogP contribution in [0.2, 0.25) is 0 Å². The molecule has 0 spiro atoms. The fourth-order valence-corrected chi connectivity index (χ4v) is 3.04. The molecule has 8 heteroatoms. The summed E-state index contributed by atoms with van der Waals surface area (Å²) in [6.07, 6.45) is 3.62. The number of amides is 1. The van der Waals surface area contributed by atoms with Gasteiger partial charge in [-0.25, -0.2) is 15.0 Å². The second-order valence-electron chi connectivity index (χ2n) is 4.55. The van der Waals surface area contributed by atoms with Gasteiger partial charge in [-0.05, 0) is 24.6 Å². The zero-order valence-electron chi connectivity index (χ0n) is 11.7. The molecule has 3 heterocycles. The molecule has 22 heavy (non-hydrogen) atoms. The van der Waals surface area contributed by atoms with Crippen LogP contribution in [0.15, 0.2) is 35.3 Å². The standard InChI is InChI=1S/C14H13N5OS2/c1-9-2-3-15-11(6-9)18-14-17-10(8-22-14)7-12(20)19-13-16-4-5-21-13/h2-6,8H,7H2,1H3,(H,15,17,18)(H,16,19,20). The van der Waals surface area contributed by atoms with Crippen molar-refractivity contribution >= 4 is 44.7 Å². The van der Waals surface area contributed by atoms with Crippen LogP contribution in [-0.4, -0.2) is 20.9 Å². The number of carbonyl (C=O) groups is 1. The number of rotatable bonds is 5. The molecule has 2 N–H and O–H groups in total. The highest BCUT2D eigenvalue weighted by atomic mass is 32.1. The van der Waals surface area contributed by atoms with E-state index in [1.165, 1.54) is 22.7 Å². The van der Waals surface area contributed by atoms with E-state index in [1.807, 2.05) is 29.8 Å². The molecular weight excluding hydrogens is 318 g/mol. The molecule has 0 aliphatic heterocycles. The van der Waals surface area contributed by atoms with E-state index < -0.39 is 0 Å². The Balaban J connectivity index is 1.60. The van der Waals surface area contributed by atoms with E-state index in [0.29, 0.717) is 10.8 Å². The Morgan fingerprint density at radius 2 is 2.14 bits per heavy atom. The molecule has 3 rings (SSSR count). The Morgan fingerprint density at radius 1 is 1.23 bits per heavy atom. The molecule has 0 aromatic carbocycles. The number of thiazole rings is 2. The van der Waals surface area contributed by atoms with Crippen molar-refractivity contribution in [2.24, 2.45) is 0 Å². The molecule has 0 saturated heterocycles. The number of aromatic nitrogens is 3. The lowest BCUT2D eigenvalue weighted by Gasteiger charge is -2.02. The second-order valence-corrected chi connectivity index (χ2v) is 6.30. The van der Waals surface area contributed by atoms with Crippen LogP contribution in [0.5, 0.6) is 0 Å². The van der Waals surface area contributed by atoms with Crippen molar-refractivity contribution in [1.29, 1.82) is 0 Å². The van der Waals surface area contributed by atoms with Crippen molar-refractivity contribution in [2.75, 3.05) is 10.6 Å². The number of pyridine rings is 1. The lowest BCUT2D eigenvalue weighted by molar-refractivity contribution is -0.115. The molecular formula is C14H13N5OS2. The third-order valence-corrected chi connectivity index (χ3v) is 4.22. The van der Waals surface area contributed by atoms with Crippen molar-refractivity contribution in [1.82, 2.24) is 15.0 Å². The SMILES string of the molecule is Cc1ccnc(Nc2nc(CC(=O)Nc3nccs3)cs2)c1.